The fourth-order valence-electron chi connectivity index (χ4n) is 2.39. The van der Waals surface area contributed by atoms with Crippen LogP contribution in [-0.2, 0) is 6.54 Å². The van der Waals surface area contributed by atoms with Crippen LogP contribution in [0.3, 0.4) is 0 Å². The molecular formula is C13H18BF3KN. The molecule has 0 bridgehead atoms. The number of benzene rings is 1. The van der Waals surface area contributed by atoms with Crippen LogP contribution >= 0.6 is 0 Å². The second-order valence-corrected chi connectivity index (χ2v) is 5.49. The minimum absolute atomic E-state index is 0. The predicted octanol–water partition coefficient (Wildman–Crippen LogP) is 0.894. The van der Waals surface area contributed by atoms with E-state index in [-0.39, 0.29) is 64.2 Å². The van der Waals surface area contributed by atoms with Crippen LogP contribution in [0.15, 0.2) is 30.3 Å². The third-order valence-electron chi connectivity index (χ3n) is 4.04. The second kappa shape index (κ2) is 7.09. The van der Waals surface area contributed by atoms with Gasteiger partial charge in [0.25, 0.3) is 0 Å². The van der Waals surface area contributed by atoms with E-state index in [2.05, 4.69) is 4.90 Å². The molecule has 0 atom stereocenters. The third kappa shape index (κ3) is 4.58. The van der Waals surface area contributed by atoms with Gasteiger partial charge < -0.3 is 12.9 Å². The molecule has 1 fully saturated rings. The van der Waals surface area contributed by atoms with Crippen molar-refractivity contribution >= 4 is 6.98 Å². The molecule has 100 valence electrons. The van der Waals surface area contributed by atoms with Gasteiger partial charge in [-0.05, 0) is 18.7 Å². The summed E-state index contributed by atoms with van der Waals surface area (Å²) in [6, 6.07) is 9.90. The zero-order valence-corrected chi connectivity index (χ0v) is 14.7. The summed E-state index contributed by atoms with van der Waals surface area (Å²) in [7, 11) is 0. The Kier molecular flexibility index (Phi) is 6.62. The average molecular weight is 295 g/mol. The molecule has 0 radical (unpaired) electrons. The van der Waals surface area contributed by atoms with E-state index in [1.54, 1.807) is 0 Å². The molecule has 0 amide bonds. The number of piperidine rings is 1. The van der Waals surface area contributed by atoms with E-state index in [4.69, 9.17) is 0 Å². The third-order valence-corrected chi connectivity index (χ3v) is 4.04. The molecule has 1 aliphatic rings. The summed E-state index contributed by atoms with van der Waals surface area (Å²) in [5.41, 5.74) is 1.17. The number of rotatable bonds is 3. The number of halogens is 3. The van der Waals surface area contributed by atoms with Gasteiger partial charge >= 0.3 is 58.4 Å². The van der Waals surface area contributed by atoms with Gasteiger partial charge in [-0.25, -0.2) is 0 Å². The molecule has 0 aliphatic carbocycles. The van der Waals surface area contributed by atoms with E-state index < -0.39 is 12.3 Å². The number of likely N-dealkylation sites (tertiary alicyclic amines) is 1. The molecule has 1 aromatic rings. The van der Waals surface area contributed by atoms with Gasteiger partial charge in [-0.1, -0.05) is 55.4 Å². The van der Waals surface area contributed by atoms with Crippen LogP contribution in [0.2, 0.25) is 5.31 Å². The first kappa shape index (κ1) is 17.7. The van der Waals surface area contributed by atoms with E-state index in [1.807, 2.05) is 30.3 Å². The van der Waals surface area contributed by atoms with Gasteiger partial charge in [0.2, 0.25) is 0 Å². The van der Waals surface area contributed by atoms with Crippen molar-refractivity contribution in [2.24, 2.45) is 0 Å². The molecule has 1 nitrogen and oxygen atoms in total. The van der Waals surface area contributed by atoms with E-state index >= 15 is 0 Å². The minimum atomic E-state index is -4.73. The standard InChI is InChI=1S/C13H18BF3N.K/c1-13(14(15,16)17)7-9-18(10-8-13)11-12-5-3-2-4-6-12;/h2-6H,7-11H2,1H3;/q-1;+1. The zero-order chi connectivity index (χ0) is 13.2. The summed E-state index contributed by atoms with van der Waals surface area (Å²) < 4.78 is 38.8. The number of nitrogens with zero attached hydrogens (tertiary/aromatic N) is 1. The molecule has 1 aliphatic heterocycles. The summed E-state index contributed by atoms with van der Waals surface area (Å²) in [4.78, 5) is 2.11. The van der Waals surface area contributed by atoms with E-state index in [9.17, 15) is 12.9 Å². The van der Waals surface area contributed by atoms with E-state index in [0.717, 1.165) is 6.54 Å². The van der Waals surface area contributed by atoms with Gasteiger partial charge in [0.15, 0.2) is 0 Å². The summed E-state index contributed by atoms with van der Waals surface area (Å²) >= 11 is 0. The van der Waals surface area contributed by atoms with Crippen LogP contribution in [-0.4, -0.2) is 25.0 Å². The van der Waals surface area contributed by atoms with Crippen molar-refractivity contribution in [1.29, 1.82) is 0 Å². The Balaban J connectivity index is 0.00000180. The van der Waals surface area contributed by atoms with Crippen LogP contribution in [0.1, 0.15) is 25.3 Å². The average Bonchev–Trinajstić information content (AvgIpc) is 2.32. The van der Waals surface area contributed by atoms with Gasteiger partial charge in [-0.15, -0.1) is 0 Å². The van der Waals surface area contributed by atoms with Crippen molar-refractivity contribution in [3.8, 4) is 0 Å². The minimum Gasteiger partial charge on any atom is -0.449 e. The normalized spacial score (nSPS) is 19.8. The summed E-state index contributed by atoms with van der Waals surface area (Å²) in [6.45, 7) is -1.54. The number of hydrogen-bond acceptors (Lipinski definition) is 1. The quantitative estimate of drug-likeness (QED) is 0.749. The maximum absolute atomic E-state index is 12.9. The van der Waals surface area contributed by atoms with Crippen LogP contribution in [0.4, 0.5) is 12.9 Å². The molecule has 0 aromatic heterocycles. The predicted molar refractivity (Wildman–Crippen MR) is 68.4 cm³/mol. The summed E-state index contributed by atoms with van der Waals surface area (Å²) in [5.74, 6) is 0. The van der Waals surface area contributed by atoms with Crippen LogP contribution < -0.4 is 51.4 Å². The van der Waals surface area contributed by atoms with Crippen LogP contribution in [0, 0.1) is 0 Å². The van der Waals surface area contributed by atoms with Crippen molar-refractivity contribution < 1.29 is 64.3 Å². The summed E-state index contributed by atoms with van der Waals surface area (Å²) in [5, 5.41) is -1.44. The Morgan fingerprint density at radius 2 is 1.63 bits per heavy atom. The molecule has 0 saturated carbocycles. The molecule has 6 heteroatoms. The largest absolute Gasteiger partial charge is 1.00 e. The maximum Gasteiger partial charge on any atom is 1.00 e. The SMILES string of the molecule is CC1([B-](F)(F)F)CCN(Cc2ccccc2)CC1.[K+]. The van der Waals surface area contributed by atoms with Crippen molar-refractivity contribution in [2.75, 3.05) is 13.1 Å². The first-order valence-electron chi connectivity index (χ1n) is 6.36. The Hall–Kier alpha value is 0.671. The molecular weight excluding hydrogens is 277 g/mol. The monoisotopic (exact) mass is 295 g/mol. The maximum atomic E-state index is 12.9. The van der Waals surface area contributed by atoms with Crippen molar-refractivity contribution in [2.45, 2.75) is 31.6 Å². The Labute approximate surface area is 155 Å². The van der Waals surface area contributed by atoms with Gasteiger partial charge in [0.05, 0.1) is 0 Å². The van der Waals surface area contributed by atoms with Gasteiger partial charge in [0.1, 0.15) is 0 Å². The van der Waals surface area contributed by atoms with Crippen LogP contribution in [0.25, 0.3) is 0 Å². The summed E-state index contributed by atoms with van der Waals surface area (Å²) in [6.07, 6.45) is 0.451. The molecule has 0 unspecified atom stereocenters. The Bertz CT molecular complexity index is 389. The fourth-order valence-corrected chi connectivity index (χ4v) is 2.39. The number of hydrogen-bond donors (Lipinski definition) is 0. The molecule has 1 aromatic carbocycles. The molecule has 0 spiro atoms. The van der Waals surface area contributed by atoms with Gasteiger partial charge in [0, 0.05) is 6.54 Å². The van der Waals surface area contributed by atoms with Gasteiger partial charge in [-0.3, -0.25) is 4.90 Å². The van der Waals surface area contributed by atoms with Crippen molar-refractivity contribution in [3.63, 3.8) is 0 Å². The molecule has 1 saturated heterocycles. The van der Waals surface area contributed by atoms with Crippen LogP contribution in [0.5, 0.6) is 0 Å². The van der Waals surface area contributed by atoms with E-state index in [0.29, 0.717) is 13.1 Å². The first-order chi connectivity index (χ1) is 8.41. The molecule has 1 heterocycles. The van der Waals surface area contributed by atoms with Gasteiger partial charge in [-0.2, -0.15) is 0 Å². The fraction of sp³-hybridized carbons (Fsp3) is 0.538. The first-order valence-corrected chi connectivity index (χ1v) is 6.36. The second-order valence-electron chi connectivity index (χ2n) is 5.49. The van der Waals surface area contributed by atoms with E-state index in [1.165, 1.54) is 12.5 Å². The topological polar surface area (TPSA) is 3.24 Å². The molecule has 2 rings (SSSR count). The molecule has 0 N–H and O–H groups in total. The smallest absolute Gasteiger partial charge is 0.449 e. The zero-order valence-electron chi connectivity index (χ0n) is 11.6. The van der Waals surface area contributed by atoms with Crippen molar-refractivity contribution in [3.05, 3.63) is 35.9 Å². The Morgan fingerprint density at radius 3 is 2.11 bits per heavy atom. The molecule has 19 heavy (non-hydrogen) atoms. The Morgan fingerprint density at radius 1 is 1.11 bits per heavy atom. The van der Waals surface area contributed by atoms with Crippen molar-refractivity contribution in [1.82, 2.24) is 4.90 Å².